The van der Waals surface area contributed by atoms with Crippen LogP contribution in [0.1, 0.15) is 30.0 Å². The van der Waals surface area contributed by atoms with Gasteiger partial charge in [0.05, 0.1) is 14.2 Å². The smallest absolute Gasteiger partial charge is 0.124 e. The summed E-state index contributed by atoms with van der Waals surface area (Å²) in [7, 11) is 3.38. The first-order valence-corrected chi connectivity index (χ1v) is 5.27. The van der Waals surface area contributed by atoms with Crippen molar-refractivity contribution in [1.82, 2.24) is 0 Å². The third-order valence-corrected chi connectivity index (χ3v) is 3.03. The van der Waals surface area contributed by atoms with E-state index in [0.717, 1.165) is 36.3 Å². The van der Waals surface area contributed by atoms with Gasteiger partial charge in [-0.3, -0.25) is 0 Å². The summed E-state index contributed by atoms with van der Waals surface area (Å²) in [4.78, 5) is 0. The summed E-state index contributed by atoms with van der Waals surface area (Å²) < 4.78 is 10.7. The Morgan fingerprint density at radius 2 is 1.87 bits per heavy atom. The van der Waals surface area contributed by atoms with Gasteiger partial charge in [-0.25, -0.2) is 0 Å². The highest BCUT2D eigenvalue weighted by Crippen LogP contribution is 2.39. The first-order chi connectivity index (χ1) is 7.27. The first kappa shape index (κ1) is 10.3. The minimum Gasteiger partial charge on any atom is -0.496 e. The van der Waals surface area contributed by atoms with E-state index in [4.69, 9.17) is 15.2 Å². The van der Waals surface area contributed by atoms with Crippen molar-refractivity contribution in [1.29, 1.82) is 0 Å². The van der Waals surface area contributed by atoms with E-state index in [2.05, 4.69) is 0 Å². The highest BCUT2D eigenvalue weighted by atomic mass is 16.5. The van der Waals surface area contributed by atoms with Crippen LogP contribution in [0, 0.1) is 0 Å². The number of ether oxygens (including phenoxy) is 2. The molecule has 0 saturated heterocycles. The standard InChI is InChI=1S/C12H17NO2/c1-14-10-6-7-11(15-2)12-8(10)4-3-5-9(12)13/h6-7,9H,3-5,13H2,1-2H3. The Balaban J connectivity index is 2.56. The molecule has 1 aromatic carbocycles. The molecule has 0 heterocycles. The Hall–Kier alpha value is -1.22. The van der Waals surface area contributed by atoms with Crippen molar-refractivity contribution in [3.63, 3.8) is 0 Å². The van der Waals surface area contributed by atoms with Gasteiger partial charge in [0.2, 0.25) is 0 Å². The van der Waals surface area contributed by atoms with Crippen LogP contribution in [0.25, 0.3) is 0 Å². The lowest BCUT2D eigenvalue weighted by Crippen LogP contribution is -2.19. The third kappa shape index (κ3) is 1.67. The fourth-order valence-corrected chi connectivity index (χ4v) is 2.30. The molecule has 0 aromatic heterocycles. The van der Waals surface area contributed by atoms with Crippen LogP contribution in [0.3, 0.4) is 0 Å². The number of fused-ring (bicyclic) bond motifs is 1. The Bertz CT molecular complexity index is 363. The maximum Gasteiger partial charge on any atom is 0.124 e. The molecule has 3 nitrogen and oxygen atoms in total. The summed E-state index contributed by atoms with van der Waals surface area (Å²) in [6.07, 6.45) is 3.18. The lowest BCUT2D eigenvalue weighted by atomic mass is 9.87. The Labute approximate surface area is 90.2 Å². The Morgan fingerprint density at radius 1 is 1.20 bits per heavy atom. The van der Waals surface area contributed by atoms with Crippen LogP contribution in [0.4, 0.5) is 0 Å². The molecule has 0 radical (unpaired) electrons. The summed E-state index contributed by atoms with van der Waals surface area (Å²) >= 11 is 0. The molecule has 1 atom stereocenters. The van der Waals surface area contributed by atoms with Gasteiger partial charge in [0, 0.05) is 17.2 Å². The summed E-state index contributed by atoms with van der Waals surface area (Å²) in [5.74, 6) is 1.82. The fourth-order valence-electron chi connectivity index (χ4n) is 2.30. The van der Waals surface area contributed by atoms with Crippen molar-refractivity contribution in [2.24, 2.45) is 5.73 Å². The molecule has 0 aliphatic heterocycles. The quantitative estimate of drug-likeness (QED) is 0.807. The van der Waals surface area contributed by atoms with Gasteiger partial charge >= 0.3 is 0 Å². The molecule has 1 aliphatic rings. The van der Waals surface area contributed by atoms with Gasteiger partial charge in [-0.05, 0) is 31.4 Å². The molecule has 2 rings (SSSR count). The van der Waals surface area contributed by atoms with E-state index in [-0.39, 0.29) is 6.04 Å². The average Bonchev–Trinajstić information content (AvgIpc) is 2.28. The first-order valence-electron chi connectivity index (χ1n) is 5.27. The normalized spacial score (nSPS) is 19.5. The maximum atomic E-state index is 6.11. The van der Waals surface area contributed by atoms with Gasteiger partial charge in [0.25, 0.3) is 0 Å². The van der Waals surface area contributed by atoms with E-state index in [0.29, 0.717) is 0 Å². The van der Waals surface area contributed by atoms with E-state index in [9.17, 15) is 0 Å². The van der Waals surface area contributed by atoms with Crippen molar-refractivity contribution in [2.75, 3.05) is 14.2 Å². The summed E-state index contributed by atoms with van der Waals surface area (Å²) in [5, 5.41) is 0. The van der Waals surface area contributed by atoms with Crippen LogP contribution in [0.5, 0.6) is 11.5 Å². The number of hydrogen-bond donors (Lipinski definition) is 1. The average molecular weight is 207 g/mol. The highest BCUT2D eigenvalue weighted by molar-refractivity contribution is 5.51. The minimum absolute atomic E-state index is 0.0822. The second-order valence-corrected chi connectivity index (χ2v) is 3.86. The number of benzene rings is 1. The van der Waals surface area contributed by atoms with Crippen LogP contribution >= 0.6 is 0 Å². The van der Waals surface area contributed by atoms with Gasteiger partial charge < -0.3 is 15.2 Å². The molecule has 1 unspecified atom stereocenters. The fraction of sp³-hybridized carbons (Fsp3) is 0.500. The van der Waals surface area contributed by atoms with Gasteiger partial charge in [-0.2, -0.15) is 0 Å². The molecule has 0 fully saturated rings. The SMILES string of the molecule is COc1ccc(OC)c2c1CCCC2N. The van der Waals surface area contributed by atoms with Crippen molar-refractivity contribution in [3.05, 3.63) is 23.3 Å². The Morgan fingerprint density at radius 3 is 2.53 bits per heavy atom. The lowest BCUT2D eigenvalue weighted by Gasteiger charge is -2.26. The zero-order valence-corrected chi connectivity index (χ0v) is 9.25. The molecule has 2 N–H and O–H groups in total. The minimum atomic E-state index is 0.0822. The second-order valence-electron chi connectivity index (χ2n) is 3.86. The topological polar surface area (TPSA) is 44.5 Å². The van der Waals surface area contributed by atoms with Crippen molar-refractivity contribution >= 4 is 0 Å². The van der Waals surface area contributed by atoms with Crippen LogP contribution < -0.4 is 15.2 Å². The molecule has 3 heteroatoms. The lowest BCUT2D eigenvalue weighted by molar-refractivity contribution is 0.382. The summed E-state index contributed by atoms with van der Waals surface area (Å²) in [6.45, 7) is 0. The molecule has 0 amide bonds. The zero-order valence-electron chi connectivity index (χ0n) is 9.25. The summed E-state index contributed by atoms with van der Waals surface area (Å²) in [5.41, 5.74) is 8.46. The predicted molar refractivity (Wildman–Crippen MR) is 59.4 cm³/mol. The van der Waals surface area contributed by atoms with E-state index < -0.39 is 0 Å². The van der Waals surface area contributed by atoms with Gasteiger partial charge in [-0.1, -0.05) is 0 Å². The molecule has 0 saturated carbocycles. The largest absolute Gasteiger partial charge is 0.496 e. The summed E-state index contributed by atoms with van der Waals surface area (Å²) in [6, 6.07) is 3.97. The molecule has 1 aliphatic carbocycles. The highest BCUT2D eigenvalue weighted by Gasteiger charge is 2.23. The molecule has 0 bridgehead atoms. The van der Waals surface area contributed by atoms with E-state index in [1.54, 1.807) is 14.2 Å². The molecule has 15 heavy (non-hydrogen) atoms. The molecule has 1 aromatic rings. The van der Waals surface area contributed by atoms with Crippen molar-refractivity contribution < 1.29 is 9.47 Å². The van der Waals surface area contributed by atoms with E-state index in [1.165, 1.54) is 5.56 Å². The van der Waals surface area contributed by atoms with Crippen LogP contribution in [-0.2, 0) is 6.42 Å². The van der Waals surface area contributed by atoms with Gasteiger partial charge in [0.15, 0.2) is 0 Å². The zero-order chi connectivity index (χ0) is 10.8. The van der Waals surface area contributed by atoms with Gasteiger partial charge in [-0.15, -0.1) is 0 Å². The molecule has 0 spiro atoms. The predicted octanol–water partition coefficient (Wildman–Crippen LogP) is 2.04. The molecular formula is C12H17NO2. The van der Waals surface area contributed by atoms with Crippen molar-refractivity contribution in [2.45, 2.75) is 25.3 Å². The Kier molecular flexibility index (Phi) is 2.82. The monoisotopic (exact) mass is 207 g/mol. The van der Waals surface area contributed by atoms with E-state index in [1.807, 2.05) is 12.1 Å². The molecule has 82 valence electrons. The van der Waals surface area contributed by atoms with Gasteiger partial charge in [0.1, 0.15) is 11.5 Å². The van der Waals surface area contributed by atoms with E-state index >= 15 is 0 Å². The van der Waals surface area contributed by atoms with Crippen LogP contribution in [0.2, 0.25) is 0 Å². The number of methoxy groups -OCH3 is 2. The second kappa shape index (κ2) is 4.11. The third-order valence-electron chi connectivity index (χ3n) is 3.03. The van der Waals surface area contributed by atoms with Crippen molar-refractivity contribution in [3.8, 4) is 11.5 Å². The number of rotatable bonds is 2. The number of nitrogens with two attached hydrogens (primary N) is 1. The maximum absolute atomic E-state index is 6.11. The van der Waals surface area contributed by atoms with Crippen LogP contribution in [0.15, 0.2) is 12.1 Å². The van der Waals surface area contributed by atoms with Crippen LogP contribution in [-0.4, -0.2) is 14.2 Å². The number of hydrogen-bond acceptors (Lipinski definition) is 3. The molecular weight excluding hydrogens is 190 g/mol.